The van der Waals surface area contributed by atoms with Crippen molar-refractivity contribution in [2.75, 3.05) is 0 Å². The quantitative estimate of drug-likeness (QED) is 0.534. The second kappa shape index (κ2) is 3.42. The van der Waals surface area contributed by atoms with Crippen molar-refractivity contribution in [1.29, 1.82) is 0 Å². The molecule has 0 bridgehead atoms. The fourth-order valence-corrected chi connectivity index (χ4v) is 3.10. The van der Waals surface area contributed by atoms with Crippen LogP contribution in [0.3, 0.4) is 0 Å². The smallest absolute Gasteiger partial charge is 0.180 e. The van der Waals surface area contributed by atoms with E-state index in [9.17, 15) is 4.79 Å². The zero-order chi connectivity index (χ0) is 11.1. The molecule has 78 valence electrons. The number of aryl methyl sites for hydroxylation is 1. The van der Waals surface area contributed by atoms with Crippen molar-refractivity contribution in [3.05, 3.63) is 58.3 Å². The van der Waals surface area contributed by atoms with Gasteiger partial charge in [-0.2, -0.15) is 0 Å². The monoisotopic (exact) mass is 226 g/mol. The molecule has 1 aromatic rings. The lowest BCUT2D eigenvalue weighted by Crippen LogP contribution is -1.99. The number of rotatable bonds is 0. The van der Waals surface area contributed by atoms with Crippen molar-refractivity contribution in [3.63, 3.8) is 0 Å². The van der Waals surface area contributed by atoms with Crippen molar-refractivity contribution in [3.8, 4) is 10.4 Å². The van der Waals surface area contributed by atoms with Crippen LogP contribution in [0.25, 0.3) is 20.5 Å². The van der Waals surface area contributed by atoms with E-state index in [1.54, 1.807) is 23.5 Å². The van der Waals surface area contributed by atoms with Gasteiger partial charge in [0.05, 0.1) is 0 Å². The van der Waals surface area contributed by atoms with Crippen molar-refractivity contribution in [1.82, 2.24) is 0 Å². The summed E-state index contributed by atoms with van der Waals surface area (Å²) in [6.45, 7) is 1.99. The first-order valence-electron chi connectivity index (χ1n) is 5.17. The molecule has 0 unspecified atom stereocenters. The Morgan fingerprint density at radius 2 is 1.88 bits per heavy atom. The Morgan fingerprint density at radius 1 is 1.06 bits per heavy atom. The highest BCUT2D eigenvalue weighted by Crippen LogP contribution is 2.33. The third-order valence-electron chi connectivity index (χ3n) is 2.76. The van der Waals surface area contributed by atoms with E-state index < -0.39 is 0 Å². The summed E-state index contributed by atoms with van der Waals surface area (Å²) < 4.78 is 1.22. The molecule has 1 aliphatic carbocycles. The van der Waals surface area contributed by atoms with Gasteiger partial charge in [0.15, 0.2) is 5.43 Å². The van der Waals surface area contributed by atoms with Crippen LogP contribution in [0.4, 0.5) is 0 Å². The van der Waals surface area contributed by atoms with E-state index in [1.807, 2.05) is 19.1 Å². The highest BCUT2D eigenvalue weighted by Gasteiger charge is 2.08. The standard InChI is InChI=1S/C14H10OS/c1-9-6-11(15)8-14-12(9)7-10-4-2-3-5-13(10)16-14/h2-8H,1H3. The van der Waals surface area contributed by atoms with Gasteiger partial charge in [-0.1, -0.05) is 18.2 Å². The lowest BCUT2D eigenvalue weighted by Gasteiger charge is -2.08. The minimum atomic E-state index is 0.0940. The van der Waals surface area contributed by atoms with E-state index in [4.69, 9.17) is 0 Å². The van der Waals surface area contributed by atoms with Gasteiger partial charge < -0.3 is 0 Å². The fourth-order valence-electron chi connectivity index (χ4n) is 1.97. The summed E-state index contributed by atoms with van der Waals surface area (Å²) in [6, 6.07) is 13.8. The van der Waals surface area contributed by atoms with E-state index in [2.05, 4.69) is 18.2 Å². The summed E-state index contributed by atoms with van der Waals surface area (Å²) in [5.41, 5.74) is 2.34. The normalized spacial score (nSPS) is 11.1. The first kappa shape index (κ1) is 9.55. The van der Waals surface area contributed by atoms with Gasteiger partial charge in [0, 0.05) is 15.6 Å². The number of fused-ring (bicyclic) bond motifs is 2. The van der Waals surface area contributed by atoms with Gasteiger partial charge in [0.25, 0.3) is 0 Å². The summed E-state index contributed by atoms with van der Waals surface area (Å²) >= 11 is 1.68. The Bertz CT molecular complexity index is 697. The van der Waals surface area contributed by atoms with Crippen molar-refractivity contribution in [2.24, 2.45) is 0 Å². The average Bonchev–Trinajstić information content (AvgIpc) is 2.27. The molecule has 3 rings (SSSR count). The highest BCUT2D eigenvalue weighted by atomic mass is 32.1. The molecule has 2 heteroatoms. The summed E-state index contributed by atoms with van der Waals surface area (Å²) in [7, 11) is 0. The second-order valence-electron chi connectivity index (χ2n) is 3.94. The molecule has 1 nitrogen and oxygen atoms in total. The SMILES string of the molecule is Cc1cc(=O)cc2sc3ccccc3cc1-2. The van der Waals surface area contributed by atoms with Gasteiger partial charge in [0.1, 0.15) is 0 Å². The predicted octanol–water partition coefficient (Wildman–Crippen LogP) is 3.67. The van der Waals surface area contributed by atoms with Crippen LogP contribution in [0.2, 0.25) is 0 Å². The van der Waals surface area contributed by atoms with E-state index in [0.29, 0.717) is 0 Å². The molecule has 2 aliphatic rings. The first-order chi connectivity index (χ1) is 7.74. The zero-order valence-electron chi connectivity index (χ0n) is 8.86. The summed E-state index contributed by atoms with van der Waals surface area (Å²) in [5.74, 6) is 0. The molecular formula is C14H10OS. The van der Waals surface area contributed by atoms with Crippen LogP contribution in [0.5, 0.6) is 0 Å². The fraction of sp³-hybridized carbons (Fsp3) is 0.0714. The minimum Gasteiger partial charge on any atom is -0.290 e. The molecule has 0 saturated heterocycles. The van der Waals surface area contributed by atoms with Crippen molar-refractivity contribution >= 4 is 21.4 Å². The van der Waals surface area contributed by atoms with Crippen molar-refractivity contribution < 1.29 is 0 Å². The Labute approximate surface area is 97.3 Å². The maximum absolute atomic E-state index is 11.4. The maximum atomic E-state index is 11.4. The Morgan fingerprint density at radius 3 is 2.75 bits per heavy atom. The lowest BCUT2D eigenvalue weighted by atomic mass is 10.1. The van der Waals surface area contributed by atoms with Crippen LogP contribution in [0, 0.1) is 6.92 Å². The van der Waals surface area contributed by atoms with E-state index in [-0.39, 0.29) is 5.43 Å². The van der Waals surface area contributed by atoms with Gasteiger partial charge in [-0.15, -0.1) is 11.3 Å². The highest BCUT2D eigenvalue weighted by molar-refractivity contribution is 7.21. The van der Waals surface area contributed by atoms with E-state index in [0.717, 1.165) is 10.4 Å². The molecule has 0 radical (unpaired) electrons. The molecule has 0 N–H and O–H groups in total. The molecule has 1 aromatic carbocycles. The molecular weight excluding hydrogens is 216 g/mol. The third-order valence-corrected chi connectivity index (χ3v) is 3.91. The maximum Gasteiger partial charge on any atom is 0.180 e. The second-order valence-corrected chi connectivity index (χ2v) is 5.02. The molecule has 0 spiro atoms. The molecule has 16 heavy (non-hydrogen) atoms. The third kappa shape index (κ3) is 1.42. The molecule has 1 heterocycles. The molecule has 0 fully saturated rings. The summed E-state index contributed by atoms with van der Waals surface area (Å²) in [5, 5.41) is 1.24. The Kier molecular flexibility index (Phi) is 2.04. The number of hydrogen-bond donors (Lipinski definition) is 0. The van der Waals surface area contributed by atoms with Crippen molar-refractivity contribution in [2.45, 2.75) is 6.92 Å². The first-order valence-corrected chi connectivity index (χ1v) is 5.99. The summed E-state index contributed by atoms with van der Waals surface area (Å²) in [6.07, 6.45) is 0. The number of benzene rings is 2. The largest absolute Gasteiger partial charge is 0.290 e. The van der Waals surface area contributed by atoms with Crippen LogP contribution in [0.1, 0.15) is 5.56 Å². The molecule has 0 aromatic heterocycles. The van der Waals surface area contributed by atoms with E-state index in [1.165, 1.54) is 15.6 Å². The summed E-state index contributed by atoms with van der Waals surface area (Å²) in [4.78, 5) is 12.5. The average molecular weight is 226 g/mol. The van der Waals surface area contributed by atoms with Gasteiger partial charge in [-0.3, -0.25) is 4.79 Å². The Balaban J connectivity index is 2.52. The Hall–Kier alpha value is -1.67. The van der Waals surface area contributed by atoms with Crippen LogP contribution in [-0.2, 0) is 0 Å². The minimum absolute atomic E-state index is 0.0940. The van der Waals surface area contributed by atoms with Crippen LogP contribution >= 0.6 is 11.3 Å². The van der Waals surface area contributed by atoms with Crippen LogP contribution in [0.15, 0.2) is 47.3 Å². The van der Waals surface area contributed by atoms with E-state index >= 15 is 0 Å². The molecule has 0 amide bonds. The lowest BCUT2D eigenvalue weighted by molar-refractivity contribution is 1.44. The topological polar surface area (TPSA) is 17.1 Å². The molecule has 0 saturated carbocycles. The molecule has 0 atom stereocenters. The van der Waals surface area contributed by atoms with Gasteiger partial charge in [0.2, 0.25) is 0 Å². The van der Waals surface area contributed by atoms with Gasteiger partial charge in [-0.25, -0.2) is 0 Å². The van der Waals surface area contributed by atoms with Gasteiger partial charge in [-0.05, 0) is 41.6 Å². The molecule has 1 aliphatic heterocycles. The van der Waals surface area contributed by atoms with Crippen LogP contribution in [-0.4, -0.2) is 0 Å². The van der Waals surface area contributed by atoms with Gasteiger partial charge >= 0.3 is 0 Å². The van der Waals surface area contributed by atoms with Crippen LogP contribution < -0.4 is 5.43 Å². The number of hydrogen-bond acceptors (Lipinski definition) is 2. The zero-order valence-corrected chi connectivity index (χ0v) is 9.67. The predicted molar refractivity (Wildman–Crippen MR) is 69.5 cm³/mol.